The highest BCUT2D eigenvalue weighted by atomic mass is 32.2. The van der Waals surface area contributed by atoms with E-state index >= 15 is 0 Å². The third kappa shape index (κ3) is 5.72. The quantitative estimate of drug-likeness (QED) is 0.298. The van der Waals surface area contributed by atoms with Crippen LogP contribution in [0.15, 0.2) is 46.9 Å². The Morgan fingerprint density at radius 1 is 1.18 bits per heavy atom. The lowest BCUT2D eigenvalue weighted by molar-refractivity contribution is -0.154. The highest BCUT2D eigenvalue weighted by Gasteiger charge is 2.41. The van der Waals surface area contributed by atoms with Crippen molar-refractivity contribution in [2.75, 3.05) is 25.2 Å². The standard InChI is InChI=1S/C24H30N6O6S2/c1-14(15-7-9-16(10-8-15)30-13-5-11-26-30)27-21(33)19(31)20(32)22(34)29-12-4-6-17(29)18-23(38(3,35)36)37-24(25-2)28-18/h5,7-11,13-14,17,19-20,31-32H,4,6,12H2,1-3H3,(H,25,28)(H,27,33)/t14-,17+,19-,20-/m1/s1. The van der Waals surface area contributed by atoms with Crippen LogP contribution in [-0.4, -0.2) is 82.2 Å². The van der Waals surface area contributed by atoms with Gasteiger partial charge in [-0.25, -0.2) is 18.1 Å². The van der Waals surface area contributed by atoms with Crippen LogP contribution in [0.25, 0.3) is 5.69 Å². The van der Waals surface area contributed by atoms with Crippen molar-refractivity contribution in [2.45, 2.75) is 48.3 Å². The van der Waals surface area contributed by atoms with Gasteiger partial charge in [-0.3, -0.25) is 9.59 Å². The molecule has 0 aliphatic carbocycles. The van der Waals surface area contributed by atoms with E-state index in [1.54, 1.807) is 49.2 Å². The number of likely N-dealkylation sites (tertiary alicyclic amines) is 1. The van der Waals surface area contributed by atoms with Gasteiger partial charge < -0.3 is 25.7 Å². The number of hydrogen-bond donors (Lipinski definition) is 4. The third-order valence-electron chi connectivity index (χ3n) is 6.36. The molecule has 14 heteroatoms. The normalized spacial score (nSPS) is 18.1. The molecule has 4 N–H and O–H groups in total. The minimum atomic E-state index is -3.62. The van der Waals surface area contributed by atoms with Crippen LogP contribution in [0.5, 0.6) is 0 Å². The fourth-order valence-electron chi connectivity index (χ4n) is 4.38. The minimum absolute atomic E-state index is 0.0340. The summed E-state index contributed by atoms with van der Waals surface area (Å²) >= 11 is 0.962. The van der Waals surface area contributed by atoms with Crippen LogP contribution in [0.4, 0.5) is 5.13 Å². The number of hydrogen-bond acceptors (Lipinski definition) is 10. The summed E-state index contributed by atoms with van der Waals surface area (Å²) in [5, 5.41) is 31.1. The predicted octanol–water partition coefficient (Wildman–Crippen LogP) is 1.04. The first-order chi connectivity index (χ1) is 18.0. The van der Waals surface area contributed by atoms with Gasteiger partial charge >= 0.3 is 0 Å². The number of rotatable bonds is 9. The molecule has 38 heavy (non-hydrogen) atoms. The third-order valence-corrected chi connectivity index (χ3v) is 9.29. The van der Waals surface area contributed by atoms with Crippen LogP contribution in [0.1, 0.15) is 43.1 Å². The molecular weight excluding hydrogens is 532 g/mol. The lowest BCUT2D eigenvalue weighted by Gasteiger charge is -2.28. The Kier molecular flexibility index (Phi) is 8.16. The smallest absolute Gasteiger partial charge is 0.255 e. The fourth-order valence-corrected chi connectivity index (χ4v) is 6.50. The van der Waals surface area contributed by atoms with E-state index in [2.05, 4.69) is 20.7 Å². The van der Waals surface area contributed by atoms with E-state index < -0.39 is 45.9 Å². The zero-order chi connectivity index (χ0) is 27.6. The number of nitrogens with one attached hydrogen (secondary N) is 2. The van der Waals surface area contributed by atoms with E-state index in [1.807, 2.05) is 12.1 Å². The number of carbonyl (C=O) groups is 2. The van der Waals surface area contributed by atoms with Crippen LogP contribution in [0.2, 0.25) is 0 Å². The molecule has 1 aliphatic heterocycles. The molecule has 0 saturated carbocycles. The summed E-state index contributed by atoms with van der Waals surface area (Å²) in [6.07, 6.45) is 1.46. The minimum Gasteiger partial charge on any atom is -0.380 e. The number of nitrogens with zero attached hydrogens (tertiary/aromatic N) is 4. The monoisotopic (exact) mass is 562 g/mol. The summed E-state index contributed by atoms with van der Waals surface area (Å²) in [5.74, 6) is -1.78. The average Bonchev–Trinajstić information content (AvgIpc) is 3.67. The van der Waals surface area contributed by atoms with Gasteiger partial charge in [0.2, 0.25) is 0 Å². The van der Waals surface area contributed by atoms with Crippen molar-refractivity contribution in [3.8, 4) is 5.69 Å². The summed E-state index contributed by atoms with van der Waals surface area (Å²) in [6.45, 7) is 1.94. The van der Waals surface area contributed by atoms with E-state index in [0.717, 1.165) is 28.8 Å². The lowest BCUT2D eigenvalue weighted by Crippen LogP contribution is -2.51. The van der Waals surface area contributed by atoms with Crippen LogP contribution < -0.4 is 10.6 Å². The molecule has 2 aromatic heterocycles. The number of amides is 2. The fraction of sp³-hybridized carbons (Fsp3) is 0.417. The SMILES string of the molecule is CNc1nc([C@@H]2CCCN2C(=O)[C@H](O)[C@@H](O)C(=O)N[C@H](C)c2ccc(-n3cccn3)cc2)c(S(C)(=O)=O)s1. The van der Waals surface area contributed by atoms with Crippen molar-refractivity contribution in [1.82, 2.24) is 25.0 Å². The zero-order valence-corrected chi connectivity index (χ0v) is 22.7. The Morgan fingerprint density at radius 3 is 2.50 bits per heavy atom. The second-order valence-corrected chi connectivity index (χ2v) is 12.3. The molecule has 4 rings (SSSR count). The maximum Gasteiger partial charge on any atom is 0.255 e. The molecule has 2 amide bonds. The van der Waals surface area contributed by atoms with E-state index in [9.17, 15) is 28.2 Å². The summed E-state index contributed by atoms with van der Waals surface area (Å²) < 4.78 is 26.4. The molecule has 1 fully saturated rings. The topological polar surface area (TPSA) is 167 Å². The van der Waals surface area contributed by atoms with Crippen molar-refractivity contribution in [1.29, 1.82) is 0 Å². The molecule has 0 radical (unpaired) electrons. The van der Waals surface area contributed by atoms with Gasteiger partial charge in [-0.2, -0.15) is 5.10 Å². The first-order valence-corrected chi connectivity index (χ1v) is 14.7. The Balaban J connectivity index is 1.44. The van der Waals surface area contributed by atoms with Crippen molar-refractivity contribution in [2.24, 2.45) is 0 Å². The van der Waals surface area contributed by atoms with Gasteiger partial charge in [0.15, 0.2) is 27.2 Å². The van der Waals surface area contributed by atoms with Gasteiger partial charge in [-0.1, -0.05) is 23.5 Å². The highest BCUT2D eigenvalue weighted by Crippen LogP contribution is 2.39. The Bertz CT molecular complexity index is 1390. The number of sulfone groups is 1. The van der Waals surface area contributed by atoms with Crippen molar-refractivity contribution in [3.63, 3.8) is 0 Å². The number of aliphatic hydroxyl groups is 2. The Hall–Kier alpha value is -3.33. The van der Waals surface area contributed by atoms with Crippen LogP contribution in [0.3, 0.4) is 0 Å². The predicted molar refractivity (Wildman–Crippen MR) is 141 cm³/mol. The number of thiazole rings is 1. The Morgan fingerprint density at radius 2 is 1.89 bits per heavy atom. The Labute approximate surface area is 224 Å². The molecule has 0 spiro atoms. The van der Waals surface area contributed by atoms with Gasteiger partial charge in [-0.15, -0.1) is 0 Å². The van der Waals surface area contributed by atoms with E-state index in [0.29, 0.717) is 18.0 Å². The average molecular weight is 563 g/mol. The van der Waals surface area contributed by atoms with Crippen molar-refractivity contribution < 1.29 is 28.2 Å². The number of anilines is 1. The van der Waals surface area contributed by atoms with Crippen LogP contribution in [-0.2, 0) is 19.4 Å². The summed E-state index contributed by atoms with van der Waals surface area (Å²) in [6, 6.07) is 7.84. The molecule has 0 unspecified atom stereocenters. The van der Waals surface area contributed by atoms with Gasteiger partial charge in [0, 0.05) is 32.2 Å². The van der Waals surface area contributed by atoms with E-state index in [4.69, 9.17) is 0 Å². The van der Waals surface area contributed by atoms with Gasteiger partial charge in [0.25, 0.3) is 11.8 Å². The van der Waals surface area contributed by atoms with Crippen molar-refractivity contribution in [3.05, 3.63) is 54.0 Å². The number of carbonyl (C=O) groups excluding carboxylic acids is 2. The molecule has 3 heterocycles. The maximum atomic E-state index is 13.2. The molecule has 0 bridgehead atoms. The second-order valence-electron chi connectivity index (χ2n) is 9.07. The first kappa shape index (κ1) is 27.7. The van der Waals surface area contributed by atoms with Gasteiger partial charge in [0.1, 0.15) is 4.21 Å². The largest absolute Gasteiger partial charge is 0.380 e. The number of aromatic nitrogens is 3. The summed E-state index contributed by atoms with van der Waals surface area (Å²) in [5.41, 5.74) is 1.80. The molecular formula is C24H30N6O6S2. The summed E-state index contributed by atoms with van der Waals surface area (Å²) in [4.78, 5) is 31.5. The summed E-state index contributed by atoms with van der Waals surface area (Å²) in [7, 11) is -2.01. The van der Waals surface area contributed by atoms with E-state index in [-0.39, 0.29) is 16.4 Å². The molecule has 4 atom stereocenters. The number of benzene rings is 1. The highest BCUT2D eigenvalue weighted by molar-refractivity contribution is 7.92. The van der Waals surface area contributed by atoms with Gasteiger partial charge in [0.05, 0.1) is 23.5 Å². The molecule has 1 aliphatic rings. The molecule has 12 nitrogen and oxygen atoms in total. The molecule has 1 saturated heterocycles. The van der Waals surface area contributed by atoms with Gasteiger partial charge in [-0.05, 0) is 43.5 Å². The molecule has 204 valence electrons. The zero-order valence-electron chi connectivity index (χ0n) is 21.1. The van der Waals surface area contributed by atoms with E-state index in [1.165, 1.54) is 4.90 Å². The van der Waals surface area contributed by atoms with Crippen molar-refractivity contribution >= 4 is 38.1 Å². The molecule has 3 aromatic rings. The first-order valence-electron chi connectivity index (χ1n) is 12.0. The molecule has 1 aromatic carbocycles. The lowest BCUT2D eigenvalue weighted by atomic mass is 10.1. The van der Waals surface area contributed by atoms with Crippen LogP contribution >= 0.6 is 11.3 Å². The second kappa shape index (κ2) is 11.2. The number of aliphatic hydroxyl groups excluding tert-OH is 2. The maximum absolute atomic E-state index is 13.2. The van der Waals surface area contributed by atoms with Crippen LogP contribution in [0, 0.1) is 0 Å².